The Bertz CT molecular complexity index is 697. The van der Waals surface area contributed by atoms with E-state index in [1.807, 2.05) is 19.2 Å². The van der Waals surface area contributed by atoms with Crippen LogP contribution in [0, 0.1) is 6.92 Å². The molecule has 1 fully saturated rings. The summed E-state index contributed by atoms with van der Waals surface area (Å²) in [5.74, 6) is -0.456. The number of aromatic nitrogens is 2. The molecule has 0 spiro atoms. The van der Waals surface area contributed by atoms with Crippen LogP contribution in [0.4, 0.5) is 0 Å². The zero-order chi connectivity index (χ0) is 15.7. The molecule has 0 saturated heterocycles. The Kier molecular flexibility index (Phi) is 4.29. The molecule has 22 heavy (non-hydrogen) atoms. The summed E-state index contributed by atoms with van der Waals surface area (Å²) in [6, 6.07) is 3.73. The summed E-state index contributed by atoms with van der Waals surface area (Å²) < 4.78 is 11.5. The van der Waals surface area contributed by atoms with Crippen LogP contribution in [0.15, 0.2) is 17.3 Å². The SMILES string of the molecule is CSc1nc(OC2(OC=O)CC2)cc(-c2cc(C)c(Cl)s2)n1. The smallest absolute Gasteiger partial charge is 0.296 e. The van der Waals surface area contributed by atoms with Gasteiger partial charge in [0.05, 0.1) is 14.9 Å². The van der Waals surface area contributed by atoms with Gasteiger partial charge in [-0.05, 0) is 24.8 Å². The lowest BCUT2D eigenvalue weighted by Crippen LogP contribution is -2.22. The standard InChI is InChI=1S/C14H13ClN2O3S2/c1-8-5-10(22-12(8)15)9-6-11(17-13(16-9)21-2)20-14(3-4-14)19-7-18/h5-7H,3-4H2,1-2H3. The molecule has 0 radical (unpaired) electrons. The Morgan fingerprint density at radius 2 is 2.18 bits per heavy atom. The number of hydrogen-bond donors (Lipinski definition) is 0. The van der Waals surface area contributed by atoms with Gasteiger partial charge in [0.25, 0.3) is 12.3 Å². The average molecular weight is 357 g/mol. The molecule has 2 aromatic rings. The van der Waals surface area contributed by atoms with E-state index in [9.17, 15) is 4.79 Å². The van der Waals surface area contributed by atoms with Gasteiger partial charge in [-0.3, -0.25) is 4.79 Å². The Labute approximate surface area is 141 Å². The number of ether oxygens (including phenoxy) is 2. The highest BCUT2D eigenvalue weighted by molar-refractivity contribution is 7.98. The van der Waals surface area contributed by atoms with Crippen molar-refractivity contribution in [2.24, 2.45) is 0 Å². The van der Waals surface area contributed by atoms with Crippen LogP contribution in [0.5, 0.6) is 5.88 Å². The molecular weight excluding hydrogens is 344 g/mol. The molecule has 1 aliphatic carbocycles. The lowest BCUT2D eigenvalue weighted by atomic mass is 10.3. The first kappa shape index (κ1) is 15.6. The summed E-state index contributed by atoms with van der Waals surface area (Å²) >= 11 is 9.01. The van der Waals surface area contributed by atoms with Crippen molar-refractivity contribution in [2.45, 2.75) is 30.7 Å². The summed E-state index contributed by atoms with van der Waals surface area (Å²) in [6.45, 7) is 2.36. The van der Waals surface area contributed by atoms with Crippen molar-refractivity contribution in [3.63, 3.8) is 0 Å². The third kappa shape index (κ3) is 3.21. The average Bonchev–Trinajstić information content (AvgIpc) is 3.16. The summed E-state index contributed by atoms with van der Waals surface area (Å²) in [4.78, 5) is 20.3. The first-order chi connectivity index (χ1) is 10.5. The maximum atomic E-state index is 10.6. The Hall–Kier alpha value is -1.31. The van der Waals surface area contributed by atoms with Crippen molar-refractivity contribution in [3.05, 3.63) is 22.0 Å². The maximum Gasteiger partial charge on any atom is 0.296 e. The number of carbonyl (C=O) groups excluding carboxylic acids is 1. The van der Waals surface area contributed by atoms with Gasteiger partial charge in [-0.25, -0.2) is 4.98 Å². The van der Waals surface area contributed by atoms with Crippen LogP contribution in [-0.4, -0.2) is 28.5 Å². The zero-order valence-corrected chi connectivity index (χ0v) is 14.3. The van der Waals surface area contributed by atoms with Crippen molar-refractivity contribution in [1.29, 1.82) is 0 Å². The number of rotatable bonds is 6. The summed E-state index contributed by atoms with van der Waals surface area (Å²) in [6.07, 6.45) is 3.23. The minimum Gasteiger partial charge on any atom is -0.435 e. The molecule has 1 aliphatic rings. The number of hydrogen-bond acceptors (Lipinski definition) is 7. The van der Waals surface area contributed by atoms with Crippen LogP contribution in [0.1, 0.15) is 18.4 Å². The fourth-order valence-corrected chi connectivity index (χ4v) is 3.42. The first-order valence-corrected chi connectivity index (χ1v) is 8.97. The normalized spacial score (nSPS) is 15.4. The van der Waals surface area contributed by atoms with Crippen molar-refractivity contribution < 1.29 is 14.3 Å². The molecule has 5 nitrogen and oxygen atoms in total. The molecule has 0 N–H and O–H groups in total. The van der Waals surface area contributed by atoms with Crippen LogP contribution in [0.2, 0.25) is 4.34 Å². The van der Waals surface area contributed by atoms with E-state index in [-0.39, 0.29) is 0 Å². The Balaban J connectivity index is 1.94. The third-order valence-electron chi connectivity index (χ3n) is 3.19. The molecule has 0 aromatic carbocycles. The second kappa shape index (κ2) is 6.06. The van der Waals surface area contributed by atoms with Crippen LogP contribution >= 0.6 is 34.7 Å². The molecule has 0 unspecified atom stereocenters. The van der Waals surface area contributed by atoms with E-state index in [2.05, 4.69) is 9.97 Å². The number of nitrogens with zero attached hydrogens (tertiary/aromatic N) is 2. The fraction of sp³-hybridized carbons (Fsp3) is 0.357. The molecule has 2 aromatic heterocycles. The molecule has 8 heteroatoms. The second-order valence-electron chi connectivity index (χ2n) is 4.87. The van der Waals surface area contributed by atoms with Crippen molar-refractivity contribution in [2.75, 3.05) is 6.26 Å². The minimum atomic E-state index is -0.855. The van der Waals surface area contributed by atoms with E-state index in [1.165, 1.54) is 23.1 Å². The summed E-state index contributed by atoms with van der Waals surface area (Å²) in [7, 11) is 0. The molecule has 0 amide bonds. The summed E-state index contributed by atoms with van der Waals surface area (Å²) in [5.41, 5.74) is 1.76. The molecule has 1 saturated carbocycles. The predicted octanol–water partition coefficient (Wildman–Crippen LogP) is 3.93. The number of thiophene rings is 1. The molecule has 0 aliphatic heterocycles. The van der Waals surface area contributed by atoms with Gasteiger partial charge in [0.2, 0.25) is 5.88 Å². The van der Waals surface area contributed by atoms with Gasteiger partial charge in [0.15, 0.2) is 5.16 Å². The van der Waals surface area contributed by atoms with Crippen molar-refractivity contribution in [1.82, 2.24) is 9.97 Å². The van der Waals surface area contributed by atoms with Crippen LogP contribution in [-0.2, 0) is 9.53 Å². The van der Waals surface area contributed by atoms with E-state index >= 15 is 0 Å². The minimum absolute atomic E-state index is 0.399. The fourth-order valence-electron chi connectivity index (χ4n) is 1.88. The van der Waals surface area contributed by atoms with E-state index < -0.39 is 5.79 Å². The zero-order valence-electron chi connectivity index (χ0n) is 12.0. The number of thioether (sulfide) groups is 1. The number of carbonyl (C=O) groups is 1. The number of halogens is 1. The van der Waals surface area contributed by atoms with Crippen LogP contribution < -0.4 is 4.74 Å². The third-order valence-corrected chi connectivity index (χ3v) is 5.31. The van der Waals surface area contributed by atoms with Gasteiger partial charge in [0, 0.05) is 18.9 Å². The highest BCUT2D eigenvalue weighted by atomic mass is 35.5. The van der Waals surface area contributed by atoms with Gasteiger partial charge < -0.3 is 9.47 Å². The first-order valence-electron chi connectivity index (χ1n) is 6.55. The van der Waals surface area contributed by atoms with Gasteiger partial charge in [0.1, 0.15) is 0 Å². The van der Waals surface area contributed by atoms with Gasteiger partial charge >= 0.3 is 0 Å². The highest BCUT2D eigenvalue weighted by Crippen LogP contribution is 2.41. The van der Waals surface area contributed by atoms with Crippen molar-refractivity contribution in [3.8, 4) is 16.5 Å². The molecule has 116 valence electrons. The van der Waals surface area contributed by atoms with E-state index in [1.54, 1.807) is 6.07 Å². The Morgan fingerprint density at radius 1 is 1.41 bits per heavy atom. The summed E-state index contributed by atoms with van der Waals surface area (Å²) in [5, 5.41) is 0.594. The topological polar surface area (TPSA) is 61.3 Å². The molecule has 0 bridgehead atoms. The van der Waals surface area contributed by atoms with Crippen LogP contribution in [0.3, 0.4) is 0 Å². The van der Waals surface area contributed by atoms with Gasteiger partial charge in [-0.2, -0.15) is 4.98 Å². The van der Waals surface area contributed by atoms with Gasteiger partial charge in [-0.1, -0.05) is 23.4 Å². The largest absolute Gasteiger partial charge is 0.435 e. The quantitative estimate of drug-likeness (QED) is 0.338. The van der Waals surface area contributed by atoms with E-state index in [4.69, 9.17) is 21.1 Å². The number of aryl methyl sites for hydroxylation is 1. The highest BCUT2D eigenvalue weighted by Gasteiger charge is 2.49. The Morgan fingerprint density at radius 3 is 2.73 bits per heavy atom. The molecule has 0 atom stereocenters. The van der Waals surface area contributed by atoms with Crippen molar-refractivity contribution >= 4 is 41.2 Å². The van der Waals surface area contributed by atoms with E-state index in [0.717, 1.165) is 20.5 Å². The molecule has 2 heterocycles. The second-order valence-corrected chi connectivity index (χ2v) is 7.30. The lowest BCUT2D eigenvalue weighted by Gasteiger charge is -2.15. The lowest BCUT2D eigenvalue weighted by molar-refractivity contribution is -0.154. The molecule has 3 rings (SSSR count). The monoisotopic (exact) mass is 356 g/mol. The van der Waals surface area contributed by atoms with E-state index in [0.29, 0.717) is 30.4 Å². The maximum absolute atomic E-state index is 10.6. The van der Waals surface area contributed by atoms with Gasteiger partial charge in [-0.15, -0.1) is 11.3 Å². The molecular formula is C14H13ClN2O3S2. The van der Waals surface area contributed by atoms with Crippen LogP contribution in [0.25, 0.3) is 10.6 Å². The predicted molar refractivity (Wildman–Crippen MR) is 86.6 cm³/mol.